The van der Waals surface area contributed by atoms with Gasteiger partial charge in [0.25, 0.3) is 11.1 Å². The third kappa shape index (κ3) is 3.42. The Kier molecular flexibility index (Phi) is 4.85. The lowest BCUT2D eigenvalue weighted by molar-refractivity contribution is -0.116. The van der Waals surface area contributed by atoms with Crippen LogP contribution in [0.4, 0.5) is 5.69 Å². The Morgan fingerprint density at radius 2 is 2.00 bits per heavy atom. The van der Waals surface area contributed by atoms with E-state index in [0.29, 0.717) is 16.9 Å². The van der Waals surface area contributed by atoms with Gasteiger partial charge in [-0.1, -0.05) is 42.1 Å². The topological polar surface area (TPSA) is 68.5 Å². The molecule has 0 bridgehead atoms. The van der Waals surface area contributed by atoms with Gasteiger partial charge in [-0.15, -0.1) is 10.2 Å². The summed E-state index contributed by atoms with van der Waals surface area (Å²) in [5.41, 5.74) is 2.93. The molecule has 6 nitrogen and oxygen atoms in total. The minimum absolute atomic E-state index is 0.0366. The van der Waals surface area contributed by atoms with Crippen molar-refractivity contribution in [1.29, 1.82) is 0 Å². The van der Waals surface area contributed by atoms with Gasteiger partial charge in [-0.2, -0.15) is 0 Å². The quantitative estimate of drug-likeness (QED) is 0.626. The van der Waals surface area contributed by atoms with E-state index in [9.17, 15) is 4.79 Å². The van der Waals surface area contributed by atoms with Gasteiger partial charge in [0, 0.05) is 11.7 Å². The zero-order valence-electron chi connectivity index (χ0n) is 15.1. The molecule has 2 heterocycles. The van der Waals surface area contributed by atoms with Crippen LogP contribution in [-0.2, 0) is 11.2 Å². The molecule has 0 fully saturated rings. The zero-order chi connectivity index (χ0) is 18.8. The van der Waals surface area contributed by atoms with Gasteiger partial charge in [0.05, 0.1) is 18.4 Å². The fourth-order valence-electron chi connectivity index (χ4n) is 3.34. The van der Waals surface area contributed by atoms with E-state index in [4.69, 9.17) is 9.15 Å². The highest BCUT2D eigenvalue weighted by atomic mass is 32.2. The average Bonchev–Trinajstić information content (AvgIpc) is 3.29. The van der Waals surface area contributed by atoms with Crippen molar-refractivity contribution in [3.63, 3.8) is 0 Å². The molecule has 0 radical (unpaired) electrons. The van der Waals surface area contributed by atoms with Crippen LogP contribution in [0.1, 0.15) is 12.5 Å². The standard InChI is InChI=1S/C20H19N3O3S/c1-13-11-14-7-3-5-9-16(14)23(13)18(24)12-27-20-22-21-19(26-20)15-8-4-6-10-17(15)25-2/h3-10,13H,11-12H2,1-2H3/t13-/m0/s1. The number of fused-ring (bicyclic) bond motifs is 1. The summed E-state index contributed by atoms with van der Waals surface area (Å²) in [6.07, 6.45) is 0.880. The van der Waals surface area contributed by atoms with Crippen LogP contribution in [0.5, 0.6) is 5.75 Å². The van der Waals surface area contributed by atoms with Gasteiger partial charge in [0.2, 0.25) is 5.91 Å². The van der Waals surface area contributed by atoms with Crippen LogP contribution in [0, 0.1) is 0 Å². The maximum Gasteiger partial charge on any atom is 0.277 e. The Morgan fingerprint density at radius 3 is 2.85 bits per heavy atom. The molecule has 1 amide bonds. The molecule has 1 aliphatic heterocycles. The SMILES string of the molecule is COc1ccccc1-c1nnc(SCC(=O)N2c3ccccc3C[C@@H]2C)o1. The van der Waals surface area contributed by atoms with E-state index < -0.39 is 0 Å². The van der Waals surface area contributed by atoms with Crippen LogP contribution in [0.25, 0.3) is 11.5 Å². The minimum atomic E-state index is 0.0366. The van der Waals surface area contributed by atoms with E-state index in [2.05, 4.69) is 23.2 Å². The van der Waals surface area contributed by atoms with E-state index in [0.717, 1.165) is 17.7 Å². The molecule has 3 aromatic rings. The number of hydrogen-bond donors (Lipinski definition) is 0. The number of ether oxygens (including phenoxy) is 1. The van der Waals surface area contributed by atoms with Crippen LogP contribution >= 0.6 is 11.8 Å². The number of carbonyl (C=O) groups excluding carboxylic acids is 1. The van der Waals surface area contributed by atoms with Crippen molar-refractivity contribution >= 4 is 23.4 Å². The molecule has 0 aliphatic carbocycles. The van der Waals surface area contributed by atoms with Crippen molar-refractivity contribution in [3.05, 3.63) is 54.1 Å². The molecule has 0 N–H and O–H groups in total. The normalized spacial score (nSPS) is 15.6. The number of anilines is 1. The number of hydrogen-bond acceptors (Lipinski definition) is 6. The number of thioether (sulfide) groups is 1. The minimum Gasteiger partial charge on any atom is -0.496 e. The third-order valence-electron chi connectivity index (χ3n) is 4.54. The van der Waals surface area contributed by atoms with E-state index in [-0.39, 0.29) is 17.7 Å². The van der Waals surface area contributed by atoms with Gasteiger partial charge in [-0.25, -0.2) is 0 Å². The summed E-state index contributed by atoms with van der Waals surface area (Å²) >= 11 is 1.25. The van der Waals surface area contributed by atoms with Crippen molar-refractivity contribution < 1.29 is 13.9 Å². The first-order valence-corrected chi connectivity index (χ1v) is 9.65. The summed E-state index contributed by atoms with van der Waals surface area (Å²) in [4.78, 5) is 14.6. The highest BCUT2D eigenvalue weighted by Gasteiger charge is 2.30. The molecule has 0 unspecified atom stereocenters. The number of benzene rings is 2. The summed E-state index contributed by atoms with van der Waals surface area (Å²) in [5.74, 6) is 1.32. The molecule has 4 rings (SSSR count). The number of carbonyl (C=O) groups is 1. The van der Waals surface area contributed by atoms with Crippen LogP contribution in [0.2, 0.25) is 0 Å². The van der Waals surface area contributed by atoms with Crippen molar-refractivity contribution in [1.82, 2.24) is 10.2 Å². The van der Waals surface area contributed by atoms with Gasteiger partial charge in [-0.3, -0.25) is 4.79 Å². The number of nitrogens with zero attached hydrogens (tertiary/aromatic N) is 3. The molecular weight excluding hydrogens is 362 g/mol. The predicted octanol–water partition coefficient (Wildman–Crippen LogP) is 3.82. The molecule has 0 saturated heterocycles. The van der Waals surface area contributed by atoms with E-state index in [1.807, 2.05) is 47.4 Å². The Balaban J connectivity index is 1.46. The highest BCUT2D eigenvalue weighted by Crippen LogP contribution is 2.34. The second kappa shape index (κ2) is 7.44. The van der Waals surface area contributed by atoms with Crippen molar-refractivity contribution in [2.24, 2.45) is 0 Å². The number of para-hydroxylation sites is 2. The van der Waals surface area contributed by atoms with Crippen LogP contribution in [-0.4, -0.2) is 35.0 Å². The molecule has 138 valence electrons. The lowest BCUT2D eigenvalue weighted by atomic mass is 10.1. The van der Waals surface area contributed by atoms with Gasteiger partial charge < -0.3 is 14.1 Å². The average molecular weight is 381 g/mol. The smallest absolute Gasteiger partial charge is 0.277 e. The molecule has 1 aliphatic rings. The fraction of sp³-hybridized carbons (Fsp3) is 0.250. The second-order valence-electron chi connectivity index (χ2n) is 6.31. The summed E-state index contributed by atoms with van der Waals surface area (Å²) < 4.78 is 11.0. The van der Waals surface area contributed by atoms with Crippen LogP contribution in [0.3, 0.4) is 0 Å². The van der Waals surface area contributed by atoms with Gasteiger partial charge in [0.15, 0.2) is 0 Å². The van der Waals surface area contributed by atoms with Crippen LogP contribution in [0.15, 0.2) is 58.2 Å². The summed E-state index contributed by atoms with van der Waals surface area (Å²) in [5, 5.41) is 8.49. The van der Waals surface area contributed by atoms with Crippen molar-refractivity contribution in [2.45, 2.75) is 24.6 Å². The molecule has 2 aromatic carbocycles. The fourth-order valence-corrected chi connectivity index (χ4v) is 3.96. The molecule has 1 aromatic heterocycles. The highest BCUT2D eigenvalue weighted by molar-refractivity contribution is 7.99. The molecular formula is C20H19N3O3S. The Hall–Kier alpha value is -2.80. The largest absolute Gasteiger partial charge is 0.496 e. The molecule has 27 heavy (non-hydrogen) atoms. The molecule has 1 atom stereocenters. The third-order valence-corrected chi connectivity index (χ3v) is 5.34. The van der Waals surface area contributed by atoms with Gasteiger partial charge in [-0.05, 0) is 37.1 Å². The summed E-state index contributed by atoms with van der Waals surface area (Å²) in [6.45, 7) is 2.06. The summed E-state index contributed by atoms with van der Waals surface area (Å²) in [7, 11) is 1.60. The van der Waals surface area contributed by atoms with E-state index in [1.165, 1.54) is 17.3 Å². The summed E-state index contributed by atoms with van der Waals surface area (Å²) in [6, 6.07) is 15.6. The van der Waals surface area contributed by atoms with Crippen molar-refractivity contribution in [3.8, 4) is 17.2 Å². The number of methoxy groups -OCH3 is 1. The van der Waals surface area contributed by atoms with Crippen molar-refractivity contribution in [2.75, 3.05) is 17.8 Å². The number of aromatic nitrogens is 2. The van der Waals surface area contributed by atoms with Gasteiger partial charge >= 0.3 is 0 Å². The zero-order valence-corrected chi connectivity index (χ0v) is 15.9. The first kappa shape index (κ1) is 17.6. The predicted molar refractivity (Wildman–Crippen MR) is 104 cm³/mol. The molecule has 0 saturated carbocycles. The Bertz CT molecular complexity index is 972. The second-order valence-corrected chi connectivity index (χ2v) is 7.23. The number of rotatable bonds is 5. The lowest BCUT2D eigenvalue weighted by Crippen LogP contribution is -2.36. The van der Waals surface area contributed by atoms with Crippen LogP contribution < -0.4 is 9.64 Å². The van der Waals surface area contributed by atoms with E-state index in [1.54, 1.807) is 7.11 Å². The lowest BCUT2D eigenvalue weighted by Gasteiger charge is -2.22. The Labute approximate surface area is 161 Å². The maximum atomic E-state index is 12.8. The Morgan fingerprint density at radius 1 is 1.22 bits per heavy atom. The monoisotopic (exact) mass is 381 g/mol. The molecule has 7 heteroatoms. The van der Waals surface area contributed by atoms with E-state index >= 15 is 0 Å². The van der Waals surface area contributed by atoms with Gasteiger partial charge in [0.1, 0.15) is 5.75 Å². The first-order chi connectivity index (χ1) is 13.2. The molecule has 0 spiro atoms. The first-order valence-electron chi connectivity index (χ1n) is 8.67. The number of amides is 1. The maximum absolute atomic E-state index is 12.8.